The molecule has 0 saturated heterocycles. The van der Waals surface area contributed by atoms with Gasteiger partial charge in [0.2, 0.25) is 0 Å². The zero-order chi connectivity index (χ0) is 17.3. The van der Waals surface area contributed by atoms with Crippen molar-refractivity contribution in [2.75, 3.05) is 0 Å². The molecule has 134 valence electrons. The Morgan fingerprint density at radius 1 is 1.17 bits per heavy atom. The lowest BCUT2D eigenvalue weighted by molar-refractivity contribution is -0.146. The van der Waals surface area contributed by atoms with Crippen LogP contribution in [-0.2, 0) is 4.79 Å². The van der Waals surface area contributed by atoms with E-state index in [4.69, 9.17) is 0 Å². The van der Waals surface area contributed by atoms with Gasteiger partial charge in [-0.15, -0.1) is 0 Å². The van der Waals surface area contributed by atoms with E-state index < -0.39 is 0 Å². The summed E-state index contributed by atoms with van der Waals surface area (Å²) in [5.74, 6) is 1.85. The maximum atomic E-state index is 12.2. The van der Waals surface area contributed by atoms with Crippen molar-refractivity contribution in [3.63, 3.8) is 0 Å². The first-order valence-electron chi connectivity index (χ1n) is 9.84. The van der Waals surface area contributed by atoms with Crippen molar-refractivity contribution in [2.24, 2.45) is 34.5 Å². The van der Waals surface area contributed by atoms with Gasteiger partial charge in [0, 0.05) is 11.3 Å². The van der Waals surface area contributed by atoms with Gasteiger partial charge in [-0.1, -0.05) is 25.5 Å². The van der Waals surface area contributed by atoms with Crippen molar-refractivity contribution in [3.8, 4) is 0 Å². The smallest absolute Gasteiger partial charge is 0.133 e. The van der Waals surface area contributed by atoms with Crippen molar-refractivity contribution >= 4 is 5.78 Å². The summed E-state index contributed by atoms with van der Waals surface area (Å²) >= 11 is 0. The lowest BCUT2D eigenvalue weighted by atomic mass is 9.46. The van der Waals surface area contributed by atoms with Gasteiger partial charge in [-0.3, -0.25) is 4.79 Å². The van der Waals surface area contributed by atoms with Gasteiger partial charge in [0.25, 0.3) is 0 Å². The van der Waals surface area contributed by atoms with Crippen LogP contribution in [0.1, 0.15) is 65.7 Å². The van der Waals surface area contributed by atoms with Crippen LogP contribution in [0.3, 0.4) is 0 Å². The second-order valence-corrected chi connectivity index (χ2v) is 9.51. The highest BCUT2D eigenvalue weighted by molar-refractivity contribution is 5.79. The zero-order valence-electron chi connectivity index (χ0n) is 15.3. The Balaban J connectivity index is 1.71. The van der Waals surface area contributed by atoms with Crippen LogP contribution in [0.25, 0.3) is 0 Å². The molecule has 3 fully saturated rings. The number of fused-ring (bicyclic) bond motifs is 5. The number of Topliss-reactive ketones (excluding diaryl/α,β-unsaturated/α-hetero) is 1. The Bertz CT molecular complexity index is 582. The molecule has 0 aromatic carbocycles. The van der Waals surface area contributed by atoms with Crippen LogP contribution in [0.2, 0.25) is 0 Å². The van der Waals surface area contributed by atoms with E-state index in [9.17, 15) is 15.0 Å². The maximum absolute atomic E-state index is 12.2. The van der Waals surface area contributed by atoms with Crippen molar-refractivity contribution in [1.29, 1.82) is 0 Å². The molecule has 4 unspecified atom stereocenters. The minimum absolute atomic E-state index is 0.0322. The fourth-order valence-corrected chi connectivity index (χ4v) is 7.27. The number of hydrogen-bond donors (Lipinski definition) is 2. The van der Waals surface area contributed by atoms with Crippen molar-refractivity contribution in [2.45, 2.75) is 77.9 Å². The number of aliphatic hydroxyl groups excluding tert-OH is 2. The number of carbonyl (C=O) groups is 1. The summed E-state index contributed by atoms with van der Waals surface area (Å²) in [5.41, 5.74) is 1.33. The van der Waals surface area contributed by atoms with E-state index in [0.717, 1.165) is 44.9 Å². The van der Waals surface area contributed by atoms with E-state index in [1.807, 2.05) is 0 Å². The standard InChI is InChI=1S/C21H32O3/c1-12(22)16-6-7-17-15-5-4-13-10-14(23)8-9-20(13,2)18(15)11-19(24)21(16,17)3/h4,14-19,23-24H,5-11H2,1-3H3/t14-,15?,16?,17?,18?,19+,20-,21+/m0/s1. The molecule has 0 aromatic heterocycles. The fraction of sp³-hybridized carbons (Fsp3) is 0.857. The Morgan fingerprint density at radius 2 is 1.92 bits per heavy atom. The molecule has 4 aliphatic carbocycles. The molecule has 3 nitrogen and oxygen atoms in total. The predicted molar refractivity (Wildman–Crippen MR) is 93.3 cm³/mol. The number of carbonyl (C=O) groups excluding carboxylic acids is 1. The SMILES string of the molecule is CC(=O)C1CCC2C3CC=C4C[C@@H](O)CC[C@]4(C)C3C[C@@H](O)[C@]12C. The molecule has 24 heavy (non-hydrogen) atoms. The number of ketones is 1. The van der Waals surface area contributed by atoms with Gasteiger partial charge in [0.05, 0.1) is 12.2 Å². The molecule has 0 amide bonds. The van der Waals surface area contributed by atoms with Crippen molar-refractivity contribution in [3.05, 3.63) is 11.6 Å². The van der Waals surface area contributed by atoms with E-state index in [1.54, 1.807) is 6.92 Å². The van der Waals surface area contributed by atoms with Gasteiger partial charge < -0.3 is 10.2 Å². The van der Waals surface area contributed by atoms with Crippen LogP contribution in [0.4, 0.5) is 0 Å². The molecular weight excluding hydrogens is 300 g/mol. The summed E-state index contributed by atoms with van der Waals surface area (Å²) in [6, 6.07) is 0. The third-order valence-electron chi connectivity index (χ3n) is 8.68. The lowest BCUT2D eigenvalue weighted by Crippen LogP contribution is -2.56. The topological polar surface area (TPSA) is 57.5 Å². The second-order valence-electron chi connectivity index (χ2n) is 9.51. The first-order chi connectivity index (χ1) is 11.3. The Kier molecular flexibility index (Phi) is 3.78. The molecule has 4 rings (SSSR count). The van der Waals surface area contributed by atoms with Gasteiger partial charge in [-0.05, 0) is 75.0 Å². The molecule has 3 saturated carbocycles. The highest BCUT2D eigenvalue weighted by Gasteiger charge is 2.62. The summed E-state index contributed by atoms with van der Waals surface area (Å²) < 4.78 is 0. The minimum atomic E-state index is -0.372. The van der Waals surface area contributed by atoms with Gasteiger partial charge in [0.1, 0.15) is 5.78 Å². The van der Waals surface area contributed by atoms with Gasteiger partial charge >= 0.3 is 0 Å². The molecule has 0 bridgehead atoms. The molecule has 0 radical (unpaired) electrons. The van der Waals surface area contributed by atoms with E-state index in [1.165, 1.54) is 5.57 Å². The van der Waals surface area contributed by atoms with Crippen molar-refractivity contribution in [1.82, 2.24) is 0 Å². The number of hydrogen-bond acceptors (Lipinski definition) is 3. The van der Waals surface area contributed by atoms with Crippen LogP contribution < -0.4 is 0 Å². The van der Waals surface area contributed by atoms with Gasteiger partial charge in [0.15, 0.2) is 0 Å². The predicted octanol–water partition coefficient (Wildman–Crippen LogP) is 3.49. The van der Waals surface area contributed by atoms with Crippen LogP contribution in [0.15, 0.2) is 11.6 Å². The van der Waals surface area contributed by atoms with Gasteiger partial charge in [-0.25, -0.2) is 0 Å². The Hall–Kier alpha value is -0.670. The summed E-state index contributed by atoms with van der Waals surface area (Å²) in [4.78, 5) is 12.2. The Labute approximate surface area is 145 Å². The largest absolute Gasteiger partial charge is 0.393 e. The third kappa shape index (κ3) is 2.07. The summed E-state index contributed by atoms with van der Waals surface area (Å²) in [6.45, 7) is 6.26. The molecule has 0 spiro atoms. The normalized spacial score (nSPS) is 53.6. The maximum Gasteiger partial charge on any atom is 0.133 e. The minimum Gasteiger partial charge on any atom is -0.393 e. The molecule has 2 N–H and O–H groups in total. The van der Waals surface area contributed by atoms with E-state index >= 15 is 0 Å². The summed E-state index contributed by atoms with van der Waals surface area (Å²) in [6.07, 6.45) is 8.50. The second kappa shape index (κ2) is 5.41. The first kappa shape index (κ1) is 16.8. The highest BCUT2D eigenvalue weighted by Crippen LogP contribution is 2.66. The van der Waals surface area contributed by atoms with Crippen LogP contribution in [0.5, 0.6) is 0 Å². The summed E-state index contributed by atoms with van der Waals surface area (Å²) in [7, 11) is 0. The van der Waals surface area contributed by atoms with Crippen LogP contribution in [0, 0.1) is 34.5 Å². The van der Waals surface area contributed by atoms with Crippen LogP contribution in [-0.4, -0.2) is 28.2 Å². The number of aliphatic hydroxyl groups is 2. The summed E-state index contributed by atoms with van der Waals surface area (Å²) in [5, 5.41) is 21.2. The van der Waals surface area contributed by atoms with E-state index in [2.05, 4.69) is 19.9 Å². The third-order valence-corrected chi connectivity index (χ3v) is 8.68. The average Bonchev–Trinajstić information content (AvgIpc) is 2.88. The lowest BCUT2D eigenvalue weighted by Gasteiger charge is -2.59. The van der Waals surface area contributed by atoms with E-state index in [0.29, 0.717) is 17.8 Å². The van der Waals surface area contributed by atoms with Crippen molar-refractivity contribution < 1.29 is 15.0 Å². The molecule has 8 atom stereocenters. The highest BCUT2D eigenvalue weighted by atomic mass is 16.3. The molecule has 0 aromatic rings. The molecule has 4 aliphatic rings. The monoisotopic (exact) mass is 332 g/mol. The molecule has 3 heteroatoms. The molecule has 0 aliphatic heterocycles. The van der Waals surface area contributed by atoms with Gasteiger partial charge in [-0.2, -0.15) is 0 Å². The van der Waals surface area contributed by atoms with Crippen LogP contribution >= 0.6 is 0 Å². The fourth-order valence-electron chi connectivity index (χ4n) is 7.27. The average molecular weight is 332 g/mol. The zero-order valence-corrected chi connectivity index (χ0v) is 15.3. The molecular formula is C21H32O3. The number of allylic oxidation sites excluding steroid dienone is 1. The number of rotatable bonds is 1. The Morgan fingerprint density at radius 3 is 2.62 bits per heavy atom. The quantitative estimate of drug-likeness (QED) is 0.723. The first-order valence-corrected chi connectivity index (χ1v) is 9.84. The molecule has 0 heterocycles. The van der Waals surface area contributed by atoms with E-state index in [-0.39, 0.29) is 34.7 Å².